The standard InChI is InChI=1S/C21H23N5O3S/c1-30(28,29)16-4-2-15(3-5-16)18(12-27)26-11-10-25(13-21(26)7-8-21)20-17-6-9-22-19(17)23-14-24-20/h2-6,9,12,14,18H,7-8,10-11,13H2,1H3,(H,22,23,24). The summed E-state index contributed by atoms with van der Waals surface area (Å²) in [5, 5.41) is 1.00. The number of hydrogen-bond acceptors (Lipinski definition) is 7. The van der Waals surface area contributed by atoms with E-state index in [1.807, 2.05) is 12.3 Å². The summed E-state index contributed by atoms with van der Waals surface area (Å²) >= 11 is 0. The molecule has 0 amide bonds. The van der Waals surface area contributed by atoms with Crippen LogP contribution in [-0.4, -0.2) is 66.0 Å². The Labute approximate surface area is 174 Å². The van der Waals surface area contributed by atoms with Gasteiger partial charge in [-0.25, -0.2) is 18.4 Å². The Morgan fingerprint density at radius 1 is 1.13 bits per heavy atom. The monoisotopic (exact) mass is 425 g/mol. The zero-order chi connectivity index (χ0) is 20.9. The third kappa shape index (κ3) is 3.18. The molecule has 3 heterocycles. The minimum Gasteiger partial charge on any atom is -0.353 e. The number of piperazine rings is 1. The number of aromatic amines is 1. The molecule has 1 atom stereocenters. The molecule has 1 aliphatic carbocycles. The van der Waals surface area contributed by atoms with Crippen molar-refractivity contribution in [1.82, 2.24) is 19.9 Å². The van der Waals surface area contributed by atoms with Crippen molar-refractivity contribution in [3.8, 4) is 0 Å². The topological polar surface area (TPSA) is 99.3 Å². The highest BCUT2D eigenvalue weighted by Crippen LogP contribution is 2.48. The van der Waals surface area contributed by atoms with Crippen LogP contribution >= 0.6 is 0 Å². The summed E-state index contributed by atoms with van der Waals surface area (Å²) in [6.07, 6.45) is 7.66. The maximum absolute atomic E-state index is 12.1. The summed E-state index contributed by atoms with van der Waals surface area (Å²) in [6.45, 7) is 2.29. The number of nitrogens with zero attached hydrogens (tertiary/aromatic N) is 4. The molecule has 5 rings (SSSR count). The molecule has 2 aromatic heterocycles. The number of hydrogen-bond donors (Lipinski definition) is 1. The highest BCUT2D eigenvalue weighted by molar-refractivity contribution is 7.90. The van der Waals surface area contributed by atoms with Crippen molar-refractivity contribution in [2.75, 3.05) is 30.8 Å². The van der Waals surface area contributed by atoms with Crippen LogP contribution < -0.4 is 4.90 Å². The van der Waals surface area contributed by atoms with Crippen LogP contribution in [0.15, 0.2) is 47.8 Å². The Morgan fingerprint density at radius 3 is 2.57 bits per heavy atom. The molecule has 0 radical (unpaired) electrons. The second-order valence-electron chi connectivity index (χ2n) is 8.20. The van der Waals surface area contributed by atoms with Crippen molar-refractivity contribution < 1.29 is 13.2 Å². The molecule has 1 aliphatic heterocycles. The lowest BCUT2D eigenvalue weighted by atomic mass is 10.0. The quantitative estimate of drug-likeness (QED) is 0.624. The van der Waals surface area contributed by atoms with E-state index >= 15 is 0 Å². The number of benzene rings is 1. The zero-order valence-corrected chi connectivity index (χ0v) is 17.5. The molecule has 0 bridgehead atoms. The van der Waals surface area contributed by atoms with Gasteiger partial charge in [0.05, 0.1) is 16.3 Å². The van der Waals surface area contributed by atoms with E-state index in [9.17, 15) is 13.2 Å². The molecule has 2 fully saturated rings. The first-order valence-electron chi connectivity index (χ1n) is 9.96. The van der Waals surface area contributed by atoms with Crippen molar-refractivity contribution in [2.45, 2.75) is 29.3 Å². The summed E-state index contributed by atoms with van der Waals surface area (Å²) < 4.78 is 23.5. The molecule has 3 aromatic rings. The van der Waals surface area contributed by atoms with Crippen LogP contribution in [0.5, 0.6) is 0 Å². The second-order valence-corrected chi connectivity index (χ2v) is 10.2. The van der Waals surface area contributed by atoms with E-state index in [2.05, 4.69) is 24.8 Å². The van der Waals surface area contributed by atoms with Crippen LogP contribution in [0.4, 0.5) is 5.82 Å². The number of anilines is 1. The molecule has 156 valence electrons. The van der Waals surface area contributed by atoms with E-state index < -0.39 is 9.84 Å². The summed E-state index contributed by atoms with van der Waals surface area (Å²) in [5.41, 5.74) is 1.59. The van der Waals surface area contributed by atoms with Gasteiger partial charge in [-0.2, -0.15) is 0 Å². The minimum atomic E-state index is -3.26. The van der Waals surface area contributed by atoms with Crippen LogP contribution in [-0.2, 0) is 14.6 Å². The van der Waals surface area contributed by atoms with Gasteiger partial charge < -0.3 is 14.7 Å². The van der Waals surface area contributed by atoms with E-state index in [0.29, 0.717) is 0 Å². The van der Waals surface area contributed by atoms with Crippen LogP contribution in [0.1, 0.15) is 24.4 Å². The van der Waals surface area contributed by atoms with E-state index in [4.69, 9.17) is 0 Å². The maximum Gasteiger partial charge on any atom is 0.175 e. The van der Waals surface area contributed by atoms with Crippen LogP contribution in [0, 0.1) is 0 Å². The van der Waals surface area contributed by atoms with Gasteiger partial charge >= 0.3 is 0 Å². The van der Waals surface area contributed by atoms with Gasteiger partial charge in [0.15, 0.2) is 9.84 Å². The van der Waals surface area contributed by atoms with Gasteiger partial charge in [-0.1, -0.05) is 12.1 Å². The molecule has 1 saturated heterocycles. The van der Waals surface area contributed by atoms with Gasteiger partial charge in [0.1, 0.15) is 24.1 Å². The largest absolute Gasteiger partial charge is 0.353 e. The molecule has 2 aliphatic rings. The number of nitrogens with one attached hydrogen (secondary N) is 1. The van der Waals surface area contributed by atoms with E-state index in [-0.39, 0.29) is 16.5 Å². The molecule has 1 spiro atoms. The number of carbonyl (C=O) groups is 1. The SMILES string of the molecule is CS(=O)(=O)c1ccc(C(C=O)N2CCN(c3ncnc4[nH]ccc34)CC23CC3)cc1. The third-order valence-corrected chi connectivity index (χ3v) is 7.41. The Bertz CT molecular complexity index is 1200. The predicted octanol–water partition coefficient (Wildman–Crippen LogP) is 1.96. The molecule has 1 unspecified atom stereocenters. The fraction of sp³-hybridized carbons (Fsp3) is 0.381. The first-order valence-corrected chi connectivity index (χ1v) is 11.9. The van der Waals surface area contributed by atoms with Gasteiger partial charge in [-0.05, 0) is 36.6 Å². The van der Waals surface area contributed by atoms with E-state index in [1.54, 1.807) is 30.6 Å². The summed E-state index contributed by atoms with van der Waals surface area (Å²) in [4.78, 5) is 28.9. The number of fused-ring (bicyclic) bond motifs is 1. The number of carbonyl (C=O) groups excluding carboxylic acids is 1. The molecule has 1 N–H and O–H groups in total. The molecule has 1 saturated carbocycles. The Balaban J connectivity index is 1.41. The molecule has 9 heteroatoms. The molecule has 8 nitrogen and oxygen atoms in total. The van der Waals surface area contributed by atoms with Gasteiger partial charge in [0.25, 0.3) is 0 Å². The van der Waals surface area contributed by atoms with Gasteiger partial charge in [-0.15, -0.1) is 0 Å². The summed E-state index contributed by atoms with van der Waals surface area (Å²) in [7, 11) is -3.26. The highest BCUT2D eigenvalue weighted by Gasteiger charge is 2.53. The summed E-state index contributed by atoms with van der Waals surface area (Å²) in [6, 6.07) is 8.29. The van der Waals surface area contributed by atoms with Crippen molar-refractivity contribution in [1.29, 1.82) is 0 Å². The van der Waals surface area contributed by atoms with Crippen molar-refractivity contribution in [2.24, 2.45) is 0 Å². The normalized spacial score (nSPS) is 19.8. The van der Waals surface area contributed by atoms with Crippen LogP contribution in [0.3, 0.4) is 0 Å². The molecule has 30 heavy (non-hydrogen) atoms. The third-order valence-electron chi connectivity index (χ3n) is 6.28. The van der Waals surface area contributed by atoms with Crippen LogP contribution in [0.2, 0.25) is 0 Å². The Morgan fingerprint density at radius 2 is 1.90 bits per heavy atom. The number of rotatable bonds is 5. The van der Waals surface area contributed by atoms with Gasteiger partial charge in [0.2, 0.25) is 0 Å². The average molecular weight is 426 g/mol. The van der Waals surface area contributed by atoms with Crippen molar-refractivity contribution in [3.05, 3.63) is 48.4 Å². The minimum absolute atomic E-state index is 0.0626. The lowest BCUT2D eigenvalue weighted by Gasteiger charge is -2.45. The van der Waals surface area contributed by atoms with Gasteiger partial charge in [0, 0.05) is 37.6 Å². The molecular formula is C21H23N5O3S. The highest BCUT2D eigenvalue weighted by atomic mass is 32.2. The fourth-order valence-electron chi connectivity index (χ4n) is 4.55. The van der Waals surface area contributed by atoms with E-state index in [1.165, 1.54) is 6.26 Å². The van der Waals surface area contributed by atoms with Crippen LogP contribution in [0.25, 0.3) is 11.0 Å². The smallest absolute Gasteiger partial charge is 0.175 e. The zero-order valence-electron chi connectivity index (χ0n) is 16.7. The lowest BCUT2D eigenvalue weighted by Crippen LogP contribution is -2.56. The predicted molar refractivity (Wildman–Crippen MR) is 113 cm³/mol. The second kappa shape index (κ2) is 6.88. The average Bonchev–Trinajstić information content (AvgIpc) is 3.32. The summed E-state index contributed by atoms with van der Waals surface area (Å²) in [5.74, 6) is 0.923. The molecule has 1 aromatic carbocycles. The lowest BCUT2D eigenvalue weighted by molar-refractivity contribution is -0.114. The molecular weight excluding hydrogens is 402 g/mol. The number of sulfone groups is 1. The fourth-order valence-corrected chi connectivity index (χ4v) is 5.18. The number of aldehydes is 1. The Hall–Kier alpha value is -2.78. The first kappa shape index (κ1) is 19.2. The Kier molecular flexibility index (Phi) is 4.41. The van der Waals surface area contributed by atoms with Crippen molar-refractivity contribution in [3.63, 3.8) is 0 Å². The van der Waals surface area contributed by atoms with E-state index in [0.717, 1.165) is 61.2 Å². The van der Waals surface area contributed by atoms with Gasteiger partial charge in [-0.3, -0.25) is 4.90 Å². The van der Waals surface area contributed by atoms with Crippen molar-refractivity contribution >= 4 is 33.0 Å². The number of aromatic nitrogens is 3. The number of H-pyrrole nitrogens is 1. The first-order chi connectivity index (χ1) is 14.4. The maximum atomic E-state index is 12.1.